The van der Waals surface area contributed by atoms with Gasteiger partial charge in [0.15, 0.2) is 5.60 Å². The van der Waals surface area contributed by atoms with Crippen LogP contribution >= 0.6 is 0 Å². The highest BCUT2D eigenvalue weighted by Gasteiger charge is 2.18. The molecule has 1 rings (SSSR count). The van der Waals surface area contributed by atoms with E-state index in [-0.39, 0.29) is 0 Å². The molecule has 84 valence electrons. The molecule has 0 bridgehead atoms. The largest absolute Gasteiger partial charge is 0.473 e. The third-order valence-electron chi connectivity index (χ3n) is 1.92. The highest BCUT2D eigenvalue weighted by Crippen LogP contribution is 2.18. The van der Waals surface area contributed by atoms with Crippen molar-refractivity contribution in [2.45, 2.75) is 19.4 Å². The molecule has 4 nitrogen and oxygen atoms in total. The normalized spacial score (nSPS) is 10.4. The molecule has 0 N–H and O–H groups in total. The third-order valence-corrected chi connectivity index (χ3v) is 1.92. The molecular weight excluding hydrogens is 206 g/mol. The van der Waals surface area contributed by atoms with E-state index in [4.69, 9.17) is 10.00 Å². The van der Waals surface area contributed by atoms with Crippen LogP contribution in [0.15, 0.2) is 24.3 Å². The molecule has 16 heavy (non-hydrogen) atoms. The number of carbonyl (C=O) groups is 1. The molecule has 0 spiro atoms. The molecule has 1 aromatic carbocycles. The van der Waals surface area contributed by atoms with Gasteiger partial charge in [-0.05, 0) is 38.1 Å². The van der Waals surface area contributed by atoms with Gasteiger partial charge in [-0.15, -0.1) is 0 Å². The summed E-state index contributed by atoms with van der Waals surface area (Å²) in [6, 6.07) is 8.47. The van der Waals surface area contributed by atoms with E-state index >= 15 is 0 Å². The zero-order valence-electron chi connectivity index (χ0n) is 9.48. The van der Waals surface area contributed by atoms with Crippen molar-refractivity contribution in [1.82, 2.24) is 0 Å². The average molecular weight is 219 g/mol. The number of nitriles is 1. The monoisotopic (exact) mass is 219 g/mol. The fourth-order valence-electron chi connectivity index (χ4n) is 1.09. The van der Waals surface area contributed by atoms with E-state index in [0.717, 1.165) is 0 Å². The van der Waals surface area contributed by atoms with Gasteiger partial charge in [-0.2, -0.15) is 5.26 Å². The Kier molecular flexibility index (Phi) is 3.51. The van der Waals surface area contributed by atoms with Crippen LogP contribution in [0.4, 0.5) is 0 Å². The Morgan fingerprint density at radius 1 is 1.31 bits per heavy atom. The van der Waals surface area contributed by atoms with Gasteiger partial charge < -0.3 is 9.47 Å². The number of hydrogen-bond acceptors (Lipinski definition) is 4. The van der Waals surface area contributed by atoms with Gasteiger partial charge in [-0.25, -0.2) is 4.79 Å². The lowest BCUT2D eigenvalue weighted by molar-refractivity contribution is 0.0600. The van der Waals surface area contributed by atoms with Crippen molar-refractivity contribution in [3.8, 4) is 11.8 Å². The van der Waals surface area contributed by atoms with Crippen LogP contribution in [0.1, 0.15) is 24.2 Å². The summed E-state index contributed by atoms with van der Waals surface area (Å²) in [4.78, 5) is 11.2. The topological polar surface area (TPSA) is 59.3 Å². The molecule has 0 amide bonds. The van der Waals surface area contributed by atoms with Gasteiger partial charge in [0.25, 0.3) is 0 Å². The van der Waals surface area contributed by atoms with Crippen molar-refractivity contribution in [2.24, 2.45) is 0 Å². The van der Waals surface area contributed by atoms with Crippen LogP contribution in [0, 0.1) is 11.3 Å². The summed E-state index contributed by atoms with van der Waals surface area (Å²) in [5, 5.41) is 8.79. The number of ether oxygens (including phenoxy) is 2. The van der Waals surface area contributed by atoms with Gasteiger partial charge in [-0.3, -0.25) is 0 Å². The van der Waals surface area contributed by atoms with Gasteiger partial charge in [0.2, 0.25) is 0 Å². The van der Waals surface area contributed by atoms with Gasteiger partial charge in [0, 0.05) is 0 Å². The lowest BCUT2D eigenvalue weighted by Gasteiger charge is -2.18. The zero-order valence-corrected chi connectivity index (χ0v) is 9.48. The number of benzene rings is 1. The van der Waals surface area contributed by atoms with Gasteiger partial charge in [0.05, 0.1) is 12.7 Å². The first-order valence-electron chi connectivity index (χ1n) is 4.77. The molecule has 0 saturated heterocycles. The number of carbonyl (C=O) groups excluding carboxylic acids is 1. The fourth-order valence-corrected chi connectivity index (χ4v) is 1.09. The lowest BCUT2D eigenvalue weighted by Crippen LogP contribution is -2.25. The van der Waals surface area contributed by atoms with Crippen LogP contribution in [0.2, 0.25) is 0 Å². The summed E-state index contributed by atoms with van der Waals surface area (Å²) < 4.78 is 9.97. The summed E-state index contributed by atoms with van der Waals surface area (Å²) in [6.07, 6.45) is 0. The fraction of sp³-hybridized carbons (Fsp3) is 0.333. The summed E-state index contributed by atoms with van der Waals surface area (Å²) in [5.74, 6) is 0.144. The Morgan fingerprint density at radius 2 is 1.88 bits per heavy atom. The van der Waals surface area contributed by atoms with Gasteiger partial charge >= 0.3 is 5.97 Å². The molecule has 0 aliphatic rings. The minimum Gasteiger partial charge on any atom is -0.473 e. The summed E-state index contributed by atoms with van der Waals surface area (Å²) >= 11 is 0. The molecule has 0 saturated carbocycles. The molecule has 0 aromatic heterocycles. The van der Waals surface area contributed by atoms with E-state index in [2.05, 4.69) is 4.74 Å². The van der Waals surface area contributed by atoms with Crippen LogP contribution < -0.4 is 4.74 Å². The number of esters is 1. The molecule has 0 radical (unpaired) electrons. The first-order valence-corrected chi connectivity index (χ1v) is 4.77. The van der Waals surface area contributed by atoms with Crippen molar-refractivity contribution in [3.63, 3.8) is 0 Å². The van der Waals surface area contributed by atoms with E-state index in [1.807, 2.05) is 6.07 Å². The Labute approximate surface area is 94.4 Å². The van der Waals surface area contributed by atoms with Crippen molar-refractivity contribution in [1.29, 1.82) is 5.26 Å². The van der Waals surface area contributed by atoms with Crippen molar-refractivity contribution in [2.75, 3.05) is 7.11 Å². The third kappa shape index (κ3) is 2.99. The van der Waals surface area contributed by atoms with E-state index < -0.39 is 11.6 Å². The van der Waals surface area contributed by atoms with Gasteiger partial charge in [-0.1, -0.05) is 0 Å². The second kappa shape index (κ2) is 4.67. The molecule has 0 aliphatic heterocycles. The number of methoxy groups -OCH3 is 1. The molecule has 0 atom stereocenters. The molecular formula is C12H13NO3. The minimum absolute atomic E-state index is 0.397. The molecule has 0 fully saturated rings. The van der Waals surface area contributed by atoms with E-state index in [9.17, 15) is 4.79 Å². The summed E-state index contributed by atoms with van der Waals surface area (Å²) in [7, 11) is 1.32. The lowest BCUT2D eigenvalue weighted by atomic mass is 10.1. The average Bonchev–Trinajstić information content (AvgIpc) is 2.28. The minimum atomic E-state index is -0.882. The second-order valence-electron chi connectivity index (χ2n) is 3.74. The Hall–Kier alpha value is -2.02. The van der Waals surface area contributed by atoms with Crippen molar-refractivity contribution >= 4 is 5.97 Å². The smallest absolute Gasteiger partial charge is 0.337 e. The Morgan fingerprint density at radius 3 is 2.31 bits per heavy atom. The van der Waals surface area contributed by atoms with Crippen LogP contribution in [0.25, 0.3) is 0 Å². The maximum absolute atomic E-state index is 11.2. The maximum atomic E-state index is 11.2. The Bertz CT molecular complexity index is 415. The van der Waals surface area contributed by atoms with Crippen LogP contribution in [-0.2, 0) is 4.74 Å². The maximum Gasteiger partial charge on any atom is 0.337 e. The van der Waals surface area contributed by atoms with E-state index in [1.54, 1.807) is 38.1 Å². The number of nitrogens with zero attached hydrogens (tertiary/aromatic N) is 1. The van der Waals surface area contributed by atoms with Gasteiger partial charge in [0.1, 0.15) is 11.8 Å². The van der Waals surface area contributed by atoms with E-state index in [0.29, 0.717) is 11.3 Å². The first kappa shape index (κ1) is 12.1. The predicted octanol–water partition coefficient (Wildman–Crippen LogP) is 2.15. The highest BCUT2D eigenvalue weighted by molar-refractivity contribution is 5.89. The zero-order chi connectivity index (χ0) is 12.2. The van der Waals surface area contributed by atoms with Crippen molar-refractivity contribution in [3.05, 3.63) is 29.8 Å². The second-order valence-corrected chi connectivity index (χ2v) is 3.74. The first-order chi connectivity index (χ1) is 7.48. The molecule has 0 unspecified atom stereocenters. The standard InChI is InChI=1S/C12H13NO3/c1-12(2,8-13)16-10-6-4-9(5-7-10)11(14)15-3/h4-7H,1-3H3. The molecule has 4 heteroatoms. The molecule has 0 aliphatic carbocycles. The Balaban J connectivity index is 2.81. The van der Waals surface area contributed by atoms with E-state index in [1.165, 1.54) is 7.11 Å². The highest BCUT2D eigenvalue weighted by atomic mass is 16.5. The van der Waals surface area contributed by atoms with Crippen molar-refractivity contribution < 1.29 is 14.3 Å². The quantitative estimate of drug-likeness (QED) is 0.731. The predicted molar refractivity (Wildman–Crippen MR) is 58.1 cm³/mol. The van der Waals surface area contributed by atoms with Crippen LogP contribution in [0.5, 0.6) is 5.75 Å². The molecule has 0 heterocycles. The number of hydrogen-bond donors (Lipinski definition) is 0. The van der Waals surface area contributed by atoms with Crippen LogP contribution in [-0.4, -0.2) is 18.7 Å². The van der Waals surface area contributed by atoms with Crippen LogP contribution in [0.3, 0.4) is 0 Å². The SMILES string of the molecule is COC(=O)c1ccc(OC(C)(C)C#N)cc1. The number of rotatable bonds is 3. The summed E-state index contributed by atoms with van der Waals surface area (Å²) in [6.45, 7) is 3.34. The summed E-state index contributed by atoms with van der Waals surface area (Å²) in [5.41, 5.74) is -0.433. The molecule has 1 aromatic rings.